The summed E-state index contributed by atoms with van der Waals surface area (Å²) >= 11 is 5.75. The number of carboxylic acid groups (broad SMARTS) is 1. The molecule has 0 unspecified atom stereocenters. The fourth-order valence-corrected chi connectivity index (χ4v) is 1.55. The molecule has 0 saturated carbocycles. The van der Waals surface area contributed by atoms with Gasteiger partial charge in [-0.2, -0.15) is 0 Å². The highest BCUT2D eigenvalue weighted by Gasteiger charge is 2.18. The maximum atomic E-state index is 11.1. The van der Waals surface area contributed by atoms with Gasteiger partial charge in [-0.05, 0) is 30.7 Å². The van der Waals surface area contributed by atoms with Crippen molar-refractivity contribution < 1.29 is 9.90 Å². The fraction of sp³-hybridized carbons (Fsp3) is 0.417. The lowest BCUT2D eigenvalue weighted by Gasteiger charge is -2.14. The number of hydrogen-bond acceptors (Lipinski definition) is 2. The first-order valence-corrected chi connectivity index (χ1v) is 5.74. The maximum Gasteiger partial charge on any atom is 0.325 e. The third kappa shape index (κ3) is 3.83. The summed E-state index contributed by atoms with van der Waals surface area (Å²) in [4.78, 5) is 11.1. The first-order chi connectivity index (χ1) is 7.65. The summed E-state index contributed by atoms with van der Waals surface area (Å²) < 4.78 is 0. The predicted octanol–water partition coefficient (Wildman–Crippen LogP) is 2.86. The monoisotopic (exact) mass is 241 g/mol. The van der Waals surface area contributed by atoms with Crippen LogP contribution in [0.3, 0.4) is 0 Å². The third-order valence-corrected chi connectivity index (χ3v) is 2.58. The van der Waals surface area contributed by atoms with Gasteiger partial charge in [-0.25, -0.2) is 0 Å². The standard InChI is InChI=1S/C12H16ClNO2/c1-2-3-8-14-11(12(15)16)9-4-6-10(13)7-5-9/h4-7,11,14H,2-3,8H2,1H3,(H,15,16)/t11-/m0/s1. The molecule has 2 N–H and O–H groups in total. The van der Waals surface area contributed by atoms with Crippen LogP contribution < -0.4 is 5.32 Å². The van der Waals surface area contributed by atoms with Gasteiger partial charge in [-0.15, -0.1) is 0 Å². The Morgan fingerprint density at radius 2 is 2.06 bits per heavy atom. The molecule has 0 aromatic heterocycles. The van der Waals surface area contributed by atoms with E-state index in [1.807, 2.05) is 0 Å². The molecule has 1 aromatic carbocycles. The second-order valence-electron chi connectivity index (χ2n) is 3.63. The number of nitrogens with one attached hydrogen (secondary N) is 1. The number of rotatable bonds is 6. The second kappa shape index (κ2) is 6.51. The predicted molar refractivity (Wildman–Crippen MR) is 64.7 cm³/mol. The van der Waals surface area contributed by atoms with Crippen molar-refractivity contribution in [2.45, 2.75) is 25.8 Å². The van der Waals surface area contributed by atoms with Gasteiger partial charge < -0.3 is 10.4 Å². The molecule has 0 aliphatic rings. The minimum Gasteiger partial charge on any atom is -0.480 e. The van der Waals surface area contributed by atoms with Crippen LogP contribution in [-0.2, 0) is 4.79 Å². The van der Waals surface area contributed by atoms with E-state index in [1.165, 1.54) is 0 Å². The van der Waals surface area contributed by atoms with Gasteiger partial charge in [-0.3, -0.25) is 4.79 Å². The van der Waals surface area contributed by atoms with Gasteiger partial charge in [0.1, 0.15) is 6.04 Å². The lowest BCUT2D eigenvalue weighted by Crippen LogP contribution is -2.29. The van der Waals surface area contributed by atoms with Crippen molar-refractivity contribution in [3.05, 3.63) is 34.9 Å². The van der Waals surface area contributed by atoms with Crippen LogP contribution in [0.5, 0.6) is 0 Å². The number of carboxylic acids is 1. The van der Waals surface area contributed by atoms with Crippen LogP contribution in [0.4, 0.5) is 0 Å². The van der Waals surface area contributed by atoms with Crippen molar-refractivity contribution in [3.63, 3.8) is 0 Å². The van der Waals surface area contributed by atoms with Crippen molar-refractivity contribution in [2.24, 2.45) is 0 Å². The Labute approximate surface area is 100 Å². The van der Waals surface area contributed by atoms with Crippen molar-refractivity contribution in [2.75, 3.05) is 6.54 Å². The topological polar surface area (TPSA) is 49.3 Å². The third-order valence-electron chi connectivity index (χ3n) is 2.33. The number of unbranched alkanes of at least 4 members (excludes halogenated alkanes) is 1. The zero-order valence-electron chi connectivity index (χ0n) is 9.24. The Bertz CT molecular complexity index is 337. The summed E-state index contributed by atoms with van der Waals surface area (Å²) in [6.45, 7) is 2.77. The summed E-state index contributed by atoms with van der Waals surface area (Å²) in [5.74, 6) is -0.863. The van der Waals surface area contributed by atoms with E-state index in [2.05, 4.69) is 12.2 Å². The summed E-state index contributed by atoms with van der Waals surface area (Å²) in [5, 5.41) is 12.7. The minimum atomic E-state index is -0.863. The molecule has 0 amide bonds. The van der Waals surface area contributed by atoms with E-state index in [-0.39, 0.29) is 0 Å². The van der Waals surface area contributed by atoms with E-state index in [4.69, 9.17) is 16.7 Å². The van der Waals surface area contributed by atoms with E-state index in [9.17, 15) is 4.79 Å². The molecule has 0 saturated heterocycles. The summed E-state index contributed by atoms with van der Waals surface area (Å²) in [5.41, 5.74) is 0.730. The van der Waals surface area contributed by atoms with Gasteiger partial charge in [0, 0.05) is 5.02 Å². The summed E-state index contributed by atoms with van der Waals surface area (Å²) in [6, 6.07) is 6.23. The molecule has 3 nitrogen and oxygen atoms in total. The summed E-state index contributed by atoms with van der Waals surface area (Å²) in [7, 11) is 0. The average Bonchev–Trinajstić information content (AvgIpc) is 2.26. The molecule has 0 spiro atoms. The first kappa shape index (κ1) is 13.0. The van der Waals surface area contributed by atoms with E-state index >= 15 is 0 Å². The lowest BCUT2D eigenvalue weighted by atomic mass is 10.1. The first-order valence-electron chi connectivity index (χ1n) is 5.36. The Morgan fingerprint density at radius 3 is 2.56 bits per heavy atom. The molecule has 16 heavy (non-hydrogen) atoms. The highest BCUT2D eigenvalue weighted by Crippen LogP contribution is 2.16. The van der Waals surface area contributed by atoms with E-state index in [0.717, 1.165) is 18.4 Å². The van der Waals surface area contributed by atoms with Crippen molar-refractivity contribution >= 4 is 17.6 Å². The Balaban J connectivity index is 2.69. The van der Waals surface area contributed by atoms with Crippen LogP contribution in [-0.4, -0.2) is 17.6 Å². The molecular weight excluding hydrogens is 226 g/mol. The van der Waals surface area contributed by atoms with Crippen LogP contribution in [0.25, 0.3) is 0 Å². The minimum absolute atomic E-state index is 0.612. The van der Waals surface area contributed by atoms with Gasteiger partial charge in [0.15, 0.2) is 0 Å². The Kier molecular flexibility index (Phi) is 5.29. The number of hydrogen-bond donors (Lipinski definition) is 2. The van der Waals surface area contributed by atoms with Crippen LogP contribution in [0.15, 0.2) is 24.3 Å². The molecule has 0 aliphatic heterocycles. The van der Waals surface area contributed by atoms with E-state index in [1.54, 1.807) is 24.3 Å². The van der Waals surface area contributed by atoms with Crippen LogP contribution in [0, 0.1) is 0 Å². The van der Waals surface area contributed by atoms with Crippen molar-refractivity contribution in [1.82, 2.24) is 5.32 Å². The number of carbonyl (C=O) groups is 1. The Morgan fingerprint density at radius 1 is 1.44 bits per heavy atom. The highest BCUT2D eigenvalue weighted by molar-refractivity contribution is 6.30. The molecule has 1 atom stereocenters. The SMILES string of the molecule is CCCCN[C@H](C(=O)O)c1ccc(Cl)cc1. The molecule has 4 heteroatoms. The van der Waals surface area contributed by atoms with Crippen LogP contribution >= 0.6 is 11.6 Å². The van der Waals surface area contributed by atoms with Crippen LogP contribution in [0.2, 0.25) is 5.02 Å². The highest BCUT2D eigenvalue weighted by atomic mass is 35.5. The van der Waals surface area contributed by atoms with Gasteiger partial charge >= 0.3 is 5.97 Å². The molecule has 1 rings (SSSR count). The van der Waals surface area contributed by atoms with Gasteiger partial charge in [0.05, 0.1) is 0 Å². The number of aliphatic carboxylic acids is 1. The molecule has 0 aliphatic carbocycles. The zero-order valence-corrected chi connectivity index (χ0v) is 10.00. The van der Waals surface area contributed by atoms with Crippen molar-refractivity contribution in [1.29, 1.82) is 0 Å². The quantitative estimate of drug-likeness (QED) is 0.753. The normalized spacial score (nSPS) is 12.4. The van der Waals surface area contributed by atoms with Gasteiger partial charge in [-0.1, -0.05) is 37.1 Å². The zero-order chi connectivity index (χ0) is 12.0. The van der Waals surface area contributed by atoms with Gasteiger partial charge in [0.25, 0.3) is 0 Å². The molecule has 0 fully saturated rings. The summed E-state index contributed by atoms with van der Waals surface area (Å²) in [6.07, 6.45) is 2.01. The van der Waals surface area contributed by atoms with Crippen LogP contribution in [0.1, 0.15) is 31.4 Å². The molecular formula is C12H16ClNO2. The molecule has 88 valence electrons. The number of benzene rings is 1. The number of halogens is 1. The smallest absolute Gasteiger partial charge is 0.325 e. The van der Waals surface area contributed by atoms with E-state index in [0.29, 0.717) is 11.6 Å². The largest absolute Gasteiger partial charge is 0.480 e. The molecule has 0 heterocycles. The fourth-order valence-electron chi connectivity index (χ4n) is 1.43. The van der Waals surface area contributed by atoms with E-state index < -0.39 is 12.0 Å². The van der Waals surface area contributed by atoms with Gasteiger partial charge in [0.2, 0.25) is 0 Å². The second-order valence-corrected chi connectivity index (χ2v) is 4.07. The average molecular weight is 242 g/mol. The Hall–Kier alpha value is -1.06. The molecule has 0 radical (unpaired) electrons. The maximum absolute atomic E-state index is 11.1. The molecule has 1 aromatic rings. The molecule has 0 bridgehead atoms. The lowest BCUT2D eigenvalue weighted by molar-refractivity contribution is -0.139. The van der Waals surface area contributed by atoms with Crippen molar-refractivity contribution in [3.8, 4) is 0 Å².